The number of carbonyl (C=O) groups is 2. The summed E-state index contributed by atoms with van der Waals surface area (Å²) in [5.74, 6) is -2.30. The Labute approximate surface area is 99.2 Å². The predicted octanol–water partition coefficient (Wildman–Crippen LogP) is 2.55. The molecule has 1 rings (SSSR count). The van der Waals surface area contributed by atoms with E-state index in [4.69, 9.17) is 9.53 Å². The molecule has 0 aliphatic heterocycles. The van der Waals surface area contributed by atoms with E-state index in [0.29, 0.717) is 6.29 Å². The Bertz CT molecular complexity index is 465. The highest BCUT2D eigenvalue weighted by atomic mass is 28.4. The molecular weight excluding hydrogens is 243 g/mol. The predicted molar refractivity (Wildman–Crippen MR) is 62.7 cm³/mol. The molecule has 0 aliphatic rings. The fourth-order valence-electron chi connectivity index (χ4n) is 1.33. The van der Waals surface area contributed by atoms with Gasteiger partial charge < -0.3 is 9.53 Å². The summed E-state index contributed by atoms with van der Waals surface area (Å²) in [6.45, 7) is 5.64. The second-order valence-corrected chi connectivity index (χ2v) is 8.90. The molecule has 0 bridgehead atoms. The van der Waals surface area contributed by atoms with E-state index in [9.17, 15) is 14.0 Å². The summed E-state index contributed by atoms with van der Waals surface area (Å²) in [6.07, 6.45) is 0.308. The SMILES string of the molecule is C[Si](C)(C)Oc1ccc(F)c(C(=O)O)c1C=O. The lowest BCUT2D eigenvalue weighted by Gasteiger charge is -2.21. The van der Waals surface area contributed by atoms with Crippen LogP contribution in [-0.2, 0) is 0 Å². The molecule has 0 heterocycles. The van der Waals surface area contributed by atoms with Gasteiger partial charge in [-0.1, -0.05) is 0 Å². The lowest BCUT2D eigenvalue weighted by molar-refractivity contribution is 0.0688. The third-order valence-corrected chi connectivity index (χ3v) is 2.73. The molecule has 1 N–H and O–H groups in total. The van der Waals surface area contributed by atoms with E-state index in [-0.39, 0.29) is 11.3 Å². The summed E-state index contributed by atoms with van der Waals surface area (Å²) in [7, 11) is -2.00. The van der Waals surface area contributed by atoms with Crippen molar-refractivity contribution in [2.45, 2.75) is 19.6 Å². The van der Waals surface area contributed by atoms with Crippen LogP contribution in [0.2, 0.25) is 19.6 Å². The Morgan fingerprint density at radius 1 is 1.41 bits per heavy atom. The maximum atomic E-state index is 13.3. The summed E-state index contributed by atoms with van der Waals surface area (Å²) in [4.78, 5) is 21.8. The number of hydrogen-bond donors (Lipinski definition) is 1. The average Bonchev–Trinajstić information content (AvgIpc) is 2.17. The van der Waals surface area contributed by atoms with Crippen LogP contribution in [0, 0.1) is 5.82 Å². The van der Waals surface area contributed by atoms with Crippen LogP contribution >= 0.6 is 0 Å². The van der Waals surface area contributed by atoms with E-state index >= 15 is 0 Å². The molecule has 4 nitrogen and oxygen atoms in total. The Morgan fingerprint density at radius 3 is 2.41 bits per heavy atom. The maximum absolute atomic E-state index is 13.3. The van der Waals surface area contributed by atoms with Gasteiger partial charge in [0.25, 0.3) is 0 Å². The van der Waals surface area contributed by atoms with Gasteiger partial charge in [0.2, 0.25) is 8.32 Å². The van der Waals surface area contributed by atoms with E-state index in [1.54, 1.807) is 0 Å². The van der Waals surface area contributed by atoms with Crippen molar-refractivity contribution in [3.05, 3.63) is 29.1 Å². The summed E-state index contributed by atoms with van der Waals surface area (Å²) >= 11 is 0. The zero-order chi connectivity index (χ0) is 13.2. The molecule has 6 heteroatoms. The average molecular weight is 256 g/mol. The first-order valence-corrected chi connectivity index (χ1v) is 8.37. The van der Waals surface area contributed by atoms with Gasteiger partial charge in [-0.05, 0) is 31.8 Å². The second-order valence-electron chi connectivity index (χ2n) is 4.47. The number of carboxylic acids is 1. The Hall–Kier alpha value is -1.69. The molecule has 1 aromatic rings. The molecule has 92 valence electrons. The van der Waals surface area contributed by atoms with Gasteiger partial charge >= 0.3 is 5.97 Å². The molecule has 17 heavy (non-hydrogen) atoms. The van der Waals surface area contributed by atoms with Crippen molar-refractivity contribution >= 4 is 20.6 Å². The third kappa shape index (κ3) is 3.13. The van der Waals surface area contributed by atoms with Gasteiger partial charge in [-0.2, -0.15) is 0 Å². The minimum atomic E-state index is -2.00. The fraction of sp³-hybridized carbons (Fsp3) is 0.273. The molecule has 0 atom stereocenters. The first-order valence-electron chi connectivity index (χ1n) is 4.96. The minimum Gasteiger partial charge on any atom is -0.544 e. The van der Waals surface area contributed by atoms with Gasteiger partial charge in [0.15, 0.2) is 6.29 Å². The Kier molecular flexibility index (Phi) is 3.67. The maximum Gasteiger partial charge on any atom is 0.339 e. The van der Waals surface area contributed by atoms with Crippen molar-refractivity contribution in [2.75, 3.05) is 0 Å². The van der Waals surface area contributed by atoms with E-state index in [2.05, 4.69) is 0 Å². The van der Waals surface area contributed by atoms with Gasteiger partial charge in [-0.15, -0.1) is 0 Å². The number of aldehydes is 1. The molecule has 0 fully saturated rings. The van der Waals surface area contributed by atoms with Gasteiger partial charge in [-0.3, -0.25) is 4.79 Å². The largest absolute Gasteiger partial charge is 0.544 e. The topological polar surface area (TPSA) is 63.6 Å². The van der Waals surface area contributed by atoms with E-state index in [1.165, 1.54) is 6.07 Å². The molecular formula is C11H13FO4Si. The monoisotopic (exact) mass is 256 g/mol. The van der Waals surface area contributed by atoms with E-state index in [1.807, 2.05) is 19.6 Å². The van der Waals surface area contributed by atoms with Crippen LogP contribution in [0.25, 0.3) is 0 Å². The lowest BCUT2D eigenvalue weighted by atomic mass is 10.1. The summed E-state index contributed by atoms with van der Waals surface area (Å²) in [6, 6.07) is 2.27. The molecule has 0 radical (unpaired) electrons. The van der Waals surface area contributed by atoms with Crippen LogP contribution in [0.5, 0.6) is 5.75 Å². The molecule has 0 saturated heterocycles. The smallest absolute Gasteiger partial charge is 0.339 e. The number of hydrogen-bond acceptors (Lipinski definition) is 3. The highest BCUT2D eigenvalue weighted by Gasteiger charge is 2.24. The minimum absolute atomic E-state index is 0.123. The van der Waals surface area contributed by atoms with Gasteiger partial charge in [0, 0.05) is 0 Å². The van der Waals surface area contributed by atoms with Crippen LogP contribution in [0.1, 0.15) is 20.7 Å². The van der Waals surface area contributed by atoms with Gasteiger partial charge in [-0.25, -0.2) is 9.18 Å². The van der Waals surface area contributed by atoms with E-state index in [0.717, 1.165) is 6.07 Å². The standard InChI is InChI=1S/C11H13FO4Si/c1-17(2,3)16-9-5-4-8(12)10(11(14)15)7(9)6-13/h4-6H,1-3H3,(H,14,15). The molecule has 0 unspecified atom stereocenters. The van der Waals surface area contributed by atoms with Gasteiger partial charge in [0.1, 0.15) is 17.1 Å². The first-order chi connectivity index (χ1) is 7.76. The molecule has 0 amide bonds. The van der Waals surface area contributed by atoms with Crippen molar-refractivity contribution in [3.8, 4) is 5.75 Å². The highest BCUT2D eigenvalue weighted by molar-refractivity contribution is 6.70. The van der Waals surface area contributed by atoms with Crippen LogP contribution in [0.3, 0.4) is 0 Å². The van der Waals surface area contributed by atoms with Crippen molar-refractivity contribution < 1.29 is 23.5 Å². The molecule has 0 saturated carbocycles. The van der Waals surface area contributed by atoms with Crippen LogP contribution in [0.4, 0.5) is 4.39 Å². The number of halogens is 1. The van der Waals surface area contributed by atoms with Crippen molar-refractivity contribution in [1.29, 1.82) is 0 Å². The first kappa shape index (κ1) is 13.4. The quantitative estimate of drug-likeness (QED) is 0.664. The summed E-state index contributed by atoms with van der Waals surface area (Å²) in [5, 5.41) is 8.86. The number of carboxylic acid groups (broad SMARTS) is 1. The number of benzene rings is 1. The van der Waals surface area contributed by atoms with Crippen molar-refractivity contribution in [2.24, 2.45) is 0 Å². The van der Waals surface area contributed by atoms with Crippen LogP contribution < -0.4 is 4.43 Å². The fourth-order valence-corrected chi connectivity index (χ4v) is 2.16. The van der Waals surface area contributed by atoms with Gasteiger partial charge in [0.05, 0.1) is 5.56 Å². The van der Waals surface area contributed by atoms with E-state index < -0.39 is 25.7 Å². The lowest BCUT2D eigenvalue weighted by Crippen LogP contribution is -2.30. The second kappa shape index (κ2) is 4.66. The summed E-state index contributed by atoms with van der Waals surface area (Å²) < 4.78 is 18.9. The number of rotatable bonds is 4. The highest BCUT2D eigenvalue weighted by Crippen LogP contribution is 2.26. The summed E-state index contributed by atoms with van der Waals surface area (Å²) in [5.41, 5.74) is -0.893. The number of aromatic carboxylic acids is 1. The molecule has 0 aliphatic carbocycles. The van der Waals surface area contributed by atoms with Crippen LogP contribution in [0.15, 0.2) is 12.1 Å². The third-order valence-electron chi connectivity index (χ3n) is 1.90. The Morgan fingerprint density at radius 2 is 2.00 bits per heavy atom. The number of carbonyl (C=O) groups excluding carboxylic acids is 1. The van der Waals surface area contributed by atoms with Crippen molar-refractivity contribution in [1.82, 2.24) is 0 Å². The molecule has 1 aromatic carbocycles. The molecule has 0 aromatic heterocycles. The molecule has 0 spiro atoms. The van der Waals surface area contributed by atoms with Crippen molar-refractivity contribution in [3.63, 3.8) is 0 Å². The zero-order valence-electron chi connectivity index (χ0n) is 9.78. The Balaban J connectivity index is 3.38. The zero-order valence-corrected chi connectivity index (χ0v) is 10.8. The van der Waals surface area contributed by atoms with Crippen LogP contribution in [-0.4, -0.2) is 25.7 Å². The normalized spacial score (nSPS) is 11.1.